The zero-order valence-electron chi connectivity index (χ0n) is 32.0. The minimum Gasteiger partial charge on any atom is -0.309 e. The summed E-state index contributed by atoms with van der Waals surface area (Å²) in [6, 6.07) is 67.6. The Kier molecular flexibility index (Phi) is 8.60. The average molecular weight is 721 g/mol. The van der Waals surface area contributed by atoms with E-state index in [0.29, 0.717) is 0 Å². The smallest absolute Gasteiger partial charge is 0.0548 e. The fourth-order valence-electron chi connectivity index (χ4n) is 8.90. The molecule has 0 unspecified atom stereocenters. The van der Waals surface area contributed by atoms with E-state index in [9.17, 15) is 0 Å². The number of aryl methyl sites for hydroxylation is 2. The highest BCUT2D eigenvalue weighted by Gasteiger charge is 2.20. The van der Waals surface area contributed by atoms with Crippen LogP contribution in [0.15, 0.2) is 182 Å². The summed E-state index contributed by atoms with van der Waals surface area (Å²) < 4.78 is 4.89. The largest absolute Gasteiger partial charge is 0.309 e. The van der Waals surface area contributed by atoms with Crippen LogP contribution < -0.4 is 0 Å². The van der Waals surface area contributed by atoms with Gasteiger partial charge in [0.25, 0.3) is 0 Å². The maximum atomic E-state index is 2.45. The fourth-order valence-corrected chi connectivity index (χ4v) is 8.90. The molecule has 56 heavy (non-hydrogen) atoms. The Morgan fingerprint density at radius 2 is 0.786 bits per heavy atom. The van der Waals surface area contributed by atoms with Gasteiger partial charge in [-0.2, -0.15) is 0 Å². The molecule has 2 nitrogen and oxygen atoms in total. The molecule has 0 aliphatic carbocycles. The van der Waals surface area contributed by atoms with Crippen LogP contribution in [0.2, 0.25) is 0 Å². The number of rotatable bonds is 9. The van der Waals surface area contributed by atoms with Crippen molar-refractivity contribution in [3.63, 3.8) is 0 Å². The van der Waals surface area contributed by atoms with Crippen LogP contribution in [0.3, 0.4) is 0 Å². The third-order valence-corrected chi connectivity index (χ3v) is 11.5. The van der Waals surface area contributed by atoms with E-state index in [4.69, 9.17) is 0 Å². The van der Waals surface area contributed by atoms with E-state index in [1.165, 1.54) is 100 Å². The van der Waals surface area contributed by atoms with Gasteiger partial charge in [-0.05, 0) is 106 Å². The molecule has 2 heteroatoms. The summed E-state index contributed by atoms with van der Waals surface area (Å²) in [4.78, 5) is 0. The van der Waals surface area contributed by atoms with Gasteiger partial charge in [-0.1, -0.05) is 160 Å². The number of fused-ring (bicyclic) bond motifs is 7. The molecular formula is C54H44N2. The van der Waals surface area contributed by atoms with Crippen molar-refractivity contribution in [3.05, 3.63) is 193 Å². The number of aromatic nitrogens is 2. The van der Waals surface area contributed by atoms with Crippen molar-refractivity contribution in [3.8, 4) is 44.8 Å². The summed E-state index contributed by atoms with van der Waals surface area (Å²) in [7, 11) is 0. The van der Waals surface area contributed by atoms with Crippen molar-refractivity contribution in [1.29, 1.82) is 0 Å². The summed E-state index contributed by atoms with van der Waals surface area (Å²) in [6.07, 6.45) is 4.55. The fraction of sp³-hybridized carbons (Fsp3) is 0.111. The predicted octanol–water partition coefficient (Wildman–Crippen LogP) is 14.8. The van der Waals surface area contributed by atoms with Gasteiger partial charge in [0.15, 0.2) is 0 Å². The van der Waals surface area contributed by atoms with Crippen LogP contribution in [0.5, 0.6) is 0 Å². The number of para-hydroxylation sites is 2. The second-order valence-electron chi connectivity index (χ2n) is 15.1. The molecule has 2 heterocycles. The molecule has 0 fully saturated rings. The van der Waals surface area contributed by atoms with Crippen LogP contribution in [0.25, 0.3) is 88.4 Å². The first-order chi connectivity index (χ1) is 27.7. The third-order valence-electron chi connectivity index (χ3n) is 11.5. The molecule has 10 rings (SSSR count). The van der Waals surface area contributed by atoms with Crippen molar-refractivity contribution in [2.75, 3.05) is 0 Å². The highest BCUT2D eigenvalue weighted by atomic mass is 15.0. The molecular weight excluding hydrogens is 677 g/mol. The zero-order valence-corrected chi connectivity index (χ0v) is 32.0. The monoisotopic (exact) mass is 720 g/mol. The van der Waals surface area contributed by atoms with Gasteiger partial charge >= 0.3 is 0 Å². The maximum Gasteiger partial charge on any atom is 0.0548 e. The highest BCUT2D eigenvalue weighted by Crippen LogP contribution is 2.43. The Balaban J connectivity index is 1.08. The second-order valence-corrected chi connectivity index (χ2v) is 15.1. The second kappa shape index (κ2) is 14.2. The minimum absolute atomic E-state index is 1.10. The van der Waals surface area contributed by atoms with E-state index in [2.05, 4.69) is 205 Å². The number of nitrogens with zero attached hydrogens (tertiary/aromatic N) is 2. The Morgan fingerprint density at radius 3 is 1.38 bits per heavy atom. The first kappa shape index (κ1) is 33.9. The highest BCUT2D eigenvalue weighted by molar-refractivity contribution is 6.28. The van der Waals surface area contributed by atoms with Crippen molar-refractivity contribution in [2.45, 2.75) is 39.5 Å². The molecule has 0 aliphatic rings. The predicted molar refractivity (Wildman–Crippen MR) is 239 cm³/mol. The molecule has 0 N–H and O–H groups in total. The standard InChI is InChI=1S/C54H44N2/c1-3-11-37-21-23-39(24-22-37)40-25-27-41(28-26-40)44-15-10-16-46(36-44)56-50-20-8-6-18-48(50)54-52(56)34-33-51-53(54)47-17-5-7-19-49(47)55(51)45-31-29-42(30-32-45)43-14-9-13-38(35-43)12-4-2/h5-10,13-36H,3-4,11-12H2,1-2H3. The summed E-state index contributed by atoms with van der Waals surface area (Å²) in [6.45, 7) is 4.47. The van der Waals surface area contributed by atoms with Gasteiger partial charge < -0.3 is 9.13 Å². The van der Waals surface area contributed by atoms with Crippen LogP contribution in [-0.4, -0.2) is 9.13 Å². The van der Waals surface area contributed by atoms with Crippen molar-refractivity contribution >= 4 is 43.6 Å². The van der Waals surface area contributed by atoms with Gasteiger partial charge in [0.05, 0.1) is 22.1 Å². The third kappa shape index (κ3) is 5.81. The molecule has 8 aromatic carbocycles. The molecule has 0 saturated carbocycles. The first-order valence-corrected chi connectivity index (χ1v) is 20.1. The molecule has 0 radical (unpaired) electrons. The summed E-state index contributed by atoms with van der Waals surface area (Å²) in [5, 5.41) is 5.11. The molecule has 0 aliphatic heterocycles. The quantitative estimate of drug-likeness (QED) is 0.140. The molecule has 0 atom stereocenters. The van der Waals surface area contributed by atoms with Gasteiger partial charge in [-0.25, -0.2) is 0 Å². The van der Waals surface area contributed by atoms with E-state index in [0.717, 1.165) is 24.9 Å². The maximum absolute atomic E-state index is 2.45. The Bertz CT molecular complexity index is 3010. The van der Waals surface area contributed by atoms with Crippen LogP contribution in [0, 0.1) is 0 Å². The van der Waals surface area contributed by atoms with Crippen LogP contribution in [0.4, 0.5) is 0 Å². The van der Waals surface area contributed by atoms with Crippen molar-refractivity contribution in [2.24, 2.45) is 0 Å². The van der Waals surface area contributed by atoms with Gasteiger partial charge in [0.1, 0.15) is 0 Å². The SMILES string of the molecule is CCCc1ccc(-c2ccc(-c3cccc(-n4c5ccccc5c5c6c7ccccc7n(-c7ccc(-c8cccc(CCC)c8)cc7)c6ccc54)c3)cc2)cc1. The van der Waals surface area contributed by atoms with Gasteiger partial charge in [-0.15, -0.1) is 0 Å². The average Bonchev–Trinajstić information content (AvgIpc) is 3.77. The van der Waals surface area contributed by atoms with E-state index >= 15 is 0 Å². The van der Waals surface area contributed by atoms with E-state index in [-0.39, 0.29) is 0 Å². The van der Waals surface area contributed by atoms with Crippen LogP contribution >= 0.6 is 0 Å². The van der Waals surface area contributed by atoms with E-state index in [1.807, 2.05) is 0 Å². The minimum atomic E-state index is 1.10. The first-order valence-electron chi connectivity index (χ1n) is 20.1. The van der Waals surface area contributed by atoms with Gasteiger partial charge in [-0.3, -0.25) is 0 Å². The topological polar surface area (TPSA) is 9.86 Å². The van der Waals surface area contributed by atoms with Crippen molar-refractivity contribution < 1.29 is 0 Å². The lowest BCUT2D eigenvalue weighted by Gasteiger charge is -2.12. The van der Waals surface area contributed by atoms with E-state index < -0.39 is 0 Å². The molecule has 0 amide bonds. The van der Waals surface area contributed by atoms with Gasteiger partial charge in [0.2, 0.25) is 0 Å². The lowest BCUT2D eigenvalue weighted by Crippen LogP contribution is -1.95. The summed E-state index contributed by atoms with van der Waals surface area (Å²) in [5.41, 5.74) is 17.4. The van der Waals surface area contributed by atoms with Crippen LogP contribution in [-0.2, 0) is 12.8 Å². The Morgan fingerprint density at radius 1 is 0.321 bits per heavy atom. The van der Waals surface area contributed by atoms with Crippen molar-refractivity contribution in [1.82, 2.24) is 9.13 Å². The van der Waals surface area contributed by atoms with E-state index in [1.54, 1.807) is 0 Å². The Labute approximate surface area is 328 Å². The number of hydrogen-bond donors (Lipinski definition) is 0. The normalized spacial score (nSPS) is 11.7. The molecule has 0 saturated heterocycles. The molecule has 0 bridgehead atoms. The molecule has 270 valence electrons. The van der Waals surface area contributed by atoms with Crippen LogP contribution in [0.1, 0.15) is 37.8 Å². The number of benzene rings is 8. The number of hydrogen-bond acceptors (Lipinski definition) is 0. The molecule has 10 aromatic rings. The lowest BCUT2D eigenvalue weighted by atomic mass is 9.99. The Hall–Kier alpha value is -6.64. The summed E-state index contributed by atoms with van der Waals surface area (Å²) >= 11 is 0. The lowest BCUT2D eigenvalue weighted by molar-refractivity contribution is 0.922. The van der Waals surface area contributed by atoms with Gasteiger partial charge in [0, 0.05) is 32.9 Å². The summed E-state index contributed by atoms with van der Waals surface area (Å²) in [5.74, 6) is 0. The molecule has 0 spiro atoms. The zero-order chi connectivity index (χ0) is 37.6. The molecule has 2 aromatic heterocycles.